The van der Waals surface area contributed by atoms with Gasteiger partial charge in [-0.2, -0.15) is 5.10 Å². The van der Waals surface area contributed by atoms with E-state index in [9.17, 15) is 13.2 Å². The minimum absolute atomic E-state index is 0.131. The summed E-state index contributed by atoms with van der Waals surface area (Å²) in [6, 6.07) is 1.80. The molecule has 21 heavy (non-hydrogen) atoms. The maximum absolute atomic E-state index is 12.1. The summed E-state index contributed by atoms with van der Waals surface area (Å²) >= 11 is 0.876. The summed E-state index contributed by atoms with van der Waals surface area (Å²) in [4.78, 5) is 15.2. The fourth-order valence-corrected chi connectivity index (χ4v) is 3.85. The van der Waals surface area contributed by atoms with Gasteiger partial charge in [0.1, 0.15) is 0 Å². The normalized spacial score (nSPS) is 11.5. The zero-order chi connectivity index (χ0) is 15.3. The first-order valence-electron chi connectivity index (χ1n) is 6.03. The van der Waals surface area contributed by atoms with Crippen LogP contribution in [0.15, 0.2) is 28.2 Å². The van der Waals surface area contributed by atoms with Crippen molar-refractivity contribution in [3.05, 3.63) is 29.7 Å². The first-order valence-corrected chi connectivity index (χ1v) is 8.40. The van der Waals surface area contributed by atoms with E-state index in [0.29, 0.717) is 13.0 Å². The van der Waals surface area contributed by atoms with Crippen LogP contribution in [0, 0.1) is 0 Å². The van der Waals surface area contributed by atoms with Crippen LogP contribution in [-0.4, -0.2) is 42.8 Å². The van der Waals surface area contributed by atoms with Crippen molar-refractivity contribution < 1.29 is 17.9 Å². The summed E-state index contributed by atoms with van der Waals surface area (Å²) in [5.74, 6) is -0.770. The highest BCUT2D eigenvalue weighted by Gasteiger charge is 2.25. The molecular formula is C11H14N4O4S2. The molecule has 0 radical (unpaired) electrons. The minimum atomic E-state index is -3.77. The average molecular weight is 330 g/mol. The molecule has 0 aliphatic carbocycles. The first kappa shape index (κ1) is 15.6. The van der Waals surface area contributed by atoms with Crippen molar-refractivity contribution in [1.82, 2.24) is 19.5 Å². The Kier molecular flexibility index (Phi) is 5.04. The van der Waals surface area contributed by atoms with E-state index in [1.807, 2.05) is 0 Å². The van der Waals surface area contributed by atoms with E-state index in [1.165, 1.54) is 12.6 Å². The maximum atomic E-state index is 12.1. The number of nitrogens with one attached hydrogen (secondary N) is 1. The molecule has 2 aromatic heterocycles. The van der Waals surface area contributed by atoms with Gasteiger partial charge in [-0.05, 0) is 12.5 Å². The van der Waals surface area contributed by atoms with Gasteiger partial charge < -0.3 is 4.74 Å². The highest BCUT2D eigenvalue weighted by molar-refractivity contribution is 7.91. The molecule has 0 fully saturated rings. The number of ether oxygens (including phenoxy) is 1. The molecule has 8 nitrogen and oxygen atoms in total. The molecule has 2 rings (SSSR count). The standard InChI is InChI=1S/C11H14N4O4S2/c1-19-10(16)9-11(20-8-12-9)21(17,18)14-5-3-7-15-6-2-4-13-15/h2,4,6,8,14H,3,5,7H2,1H3. The van der Waals surface area contributed by atoms with Crippen LogP contribution in [0.5, 0.6) is 0 Å². The monoisotopic (exact) mass is 330 g/mol. The second-order valence-electron chi connectivity index (χ2n) is 4.00. The Labute approximate surface area is 125 Å². The Morgan fingerprint density at radius 3 is 3.00 bits per heavy atom. The Morgan fingerprint density at radius 2 is 2.33 bits per heavy atom. The number of aromatic nitrogens is 3. The lowest BCUT2D eigenvalue weighted by atomic mass is 10.4. The van der Waals surface area contributed by atoms with Gasteiger partial charge in [0.25, 0.3) is 10.0 Å². The second kappa shape index (κ2) is 6.78. The molecule has 0 bridgehead atoms. The molecule has 0 unspecified atom stereocenters. The van der Waals surface area contributed by atoms with E-state index >= 15 is 0 Å². The van der Waals surface area contributed by atoms with Crippen LogP contribution in [0.4, 0.5) is 0 Å². The molecule has 0 amide bonds. The van der Waals surface area contributed by atoms with Gasteiger partial charge >= 0.3 is 5.97 Å². The summed E-state index contributed by atoms with van der Waals surface area (Å²) in [6.45, 7) is 0.836. The fourth-order valence-electron chi connectivity index (χ4n) is 1.60. The summed E-state index contributed by atoms with van der Waals surface area (Å²) in [5.41, 5.74) is 1.10. The van der Waals surface area contributed by atoms with Gasteiger partial charge in [-0.15, -0.1) is 11.3 Å². The predicted octanol–water partition coefficient (Wildman–Crippen LogP) is 0.495. The molecule has 0 atom stereocenters. The Balaban J connectivity index is 1.95. The summed E-state index contributed by atoms with van der Waals surface area (Å²) < 4.78 is 32.8. The number of methoxy groups -OCH3 is 1. The zero-order valence-corrected chi connectivity index (χ0v) is 12.9. The van der Waals surface area contributed by atoms with E-state index in [4.69, 9.17) is 0 Å². The molecular weight excluding hydrogens is 316 g/mol. The number of carbonyl (C=O) groups excluding carboxylic acids is 1. The number of hydrogen-bond acceptors (Lipinski definition) is 7. The van der Waals surface area contributed by atoms with Crippen LogP contribution in [0.3, 0.4) is 0 Å². The molecule has 0 saturated heterocycles. The van der Waals surface area contributed by atoms with Gasteiger partial charge in [-0.1, -0.05) is 0 Å². The third-order valence-electron chi connectivity index (χ3n) is 2.57. The van der Waals surface area contributed by atoms with Crippen molar-refractivity contribution in [2.75, 3.05) is 13.7 Å². The number of thiazole rings is 1. The van der Waals surface area contributed by atoms with Crippen LogP contribution in [0.1, 0.15) is 16.9 Å². The van der Waals surface area contributed by atoms with E-state index in [2.05, 4.69) is 19.5 Å². The van der Waals surface area contributed by atoms with E-state index < -0.39 is 16.0 Å². The average Bonchev–Trinajstić information content (AvgIpc) is 3.13. The van der Waals surface area contributed by atoms with Crippen LogP contribution >= 0.6 is 11.3 Å². The molecule has 0 aromatic carbocycles. The Hall–Kier alpha value is -1.78. The molecule has 114 valence electrons. The minimum Gasteiger partial charge on any atom is -0.464 e. The number of nitrogens with zero attached hydrogens (tertiary/aromatic N) is 3. The van der Waals surface area contributed by atoms with Gasteiger partial charge in [0.05, 0.1) is 12.6 Å². The van der Waals surface area contributed by atoms with E-state index in [-0.39, 0.29) is 16.4 Å². The molecule has 0 saturated carbocycles. The molecule has 1 N–H and O–H groups in total. The quantitative estimate of drug-likeness (QED) is 0.585. The second-order valence-corrected chi connectivity index (χ2v) is 6.82. The number of rotatable bonds is 7. The van der Waals surface area contributed by atoms with Crippen molar-refractivity contribution in [2.24, 2.45) is 0 Å². The highest BCUT2D eigenvalue weighted by atomic mass is 32.2. The molecule has 2 heterocycles. The van der Waals surface area contributed by atoms with Crippen molar-refractivity contribution in [1.29, 1.82) is 0 Å². The van der Waals surface area contributed by atoms with Crippen molar-refractivity contribution in [3.8, 4) is 0 Å². The predicted molar refractivity (Wildman–Crippen MR) is 75.5 cm³/mol. The van der Waals surface area contributed by atoms with E-state index in [1.54, 1.807) is 23.1 Å². The zero-order valence-electron chi connectivity index (χ0n) is 11.2. The van der Waals surface area contributed by atoms with Gasteiger partial charge in [0, 0.05) is 25.5 Å². The van der Waals surface area contributed by atoms with Crippen LogP contribution in [0.2, 0.25) is 0 Å². The van der Waals surface area contributed by atoms with Crippen molar-refractivity contribution in [2.45, 2.75) is 17.2 Å². The lowest BCUT2D eigenvalue weighted by molar-refractivity contribution is 0.0590. The molecule has 0 aliphatic rings. The van der Waals surface area contributed by atoms with Crippen LogP contribution in [0.25, 0.3) is 0 Å². The van der Waals surface area contributed by atoms with E-state index in [0.717, 1.165) is 11.3 Å². The number of esters is 1. The molecule has 10 heteroatoms. The van der Waals surface area contributed by atoms with Crippen molar-refractivity contribution >= 4 is 27.3 Å². The number of aryl methyl sites for hydroxylation is 1. The Morgan fingerprint density at radius 1 is 1.52 bits per heavy atom. The van der Waals surface area contributed by atoms with Crippen LogP contribution < -0.4 is 4.72 Å². The lowest BCUT2D eigenvalue weighted by Crippen LogP contribution is -2.26. The third-order valence-corrected chi connectivity index (χ3v) is 5.40. The summed E-state index contributed by atoms with van der Waals surface area (Å²) in [7, 11) is -2.59. The van der Waals surface area contributed by atoms with Gasteiger partial charge in [0.15, 0.2) is 9.90 Å². The third kappa shape index (κ3) is 3.86. The maximum Gasteiger partial charge on any atom is 0.358 e. The van der Waals surface area contributed by atoms with Gasteiger partial charge in [0.2, 0.25) is 0 Å². The lowest BCUT2D eigenvalue weighted by Gasteiger charge is -2.06. The fraction of sp³-hybridized carbons (Fsp3) is 0.364. The molecule has 0 aliphatic heterocycles. The van der Waals surface area contributed by atoms with Gasteiger partial charge in [-0.3, -0.25) is 4.68 Å². The Bertz CT molecular complexity index is 694. The van der Waals surface area contributed by atoms with Crippen LogP contribution in [-0.2, 0) is 21.3 Å². The SMILES string of the molecule is COC(=O)c1ncsc1S(=O)(=O)NCCCn1cccn1. The van der Waals surface area contributed by atoms with Gasteiger partial charge in [-0.25, -0.2) is 22.9 Å². The topological polar surface area (TPSA) is 103 Å². The smallest absolute Gasteiger partial charge is 0.358 e. The summed E-state index contributed by atoms with van der Waals surface area (Å²) in [6.07, 6.45) is 4.03. The molecule has 2 aromatic rings. The number of hydrogen-bond donors (Lipinski definition) is 1. The largest absolute Gasteiger partial charge is 0.464 e. The highest BCUT2D eigenvalue weighted by Crippen LogP contribution is 2.20. The summed E-state index contributed by atoms with van der Waals surface area (Å²) in [5, 5.41) is 4.02. The number of sulfonamides is 1. The first-order chi connectivity index (χ1) is 10.0. The number of carbonyl (C=O) groups is 1. The molecule has 0 spiro atoms. The van der Waals surface area contributed by atoms with Crippen molar-refractivity contribution in [3.63, 3.8) is 0 Å².